The minimum atomic E-state index is 0. The van der Waals surface area contributed by atoms with E-state index in [2.05, 4.69) is 29.5 Å². The van der Waals surface area contributed by atoms with Crippen LogP contribution in [0.4, 0.5) is 0 Å². The number of methoxy groups -OCH3 is 1. The van der Waals surface area contributed by atoms with E-state index in [4.69, 9.17) is 4.74 Å². The highest BCUT2D eigenvalue weighted by molar-refractivity contribution is 14.0. The summed E-state index contributed by atoms with van der Waals surface area (Å²) in [5, 5.41) is 6.44. The Morgan fingerprint density at radius 3 is 2.53 bits per heavy atom. The van der Waals surface area contributed by atoms with Crippen LogP contribution in [0.25, 0.3) is 0 Å². The second kappa shape index (κ2) is 14.0. The lowest BCUT2D eigenvalue weighted by Crippen LogP contribution is -2.38. The lowest BCUT2D eigenvalue weighted by Gasteiger charge is -2.10. The molecule has 0 spiro atoms. The van der Waals surface area contributed by atoms with Gasteiger partial charge in [-0.15, -0.1) is 24.0 Å². The van der Waals surface area contributed by atoms with Crippen LogP contribution in [-0.2, 0) is 4.74 Å². The minimum absolute atomic E-state index is 0. The highest BCUT2D eigenvalue weighted by Crippen LogP contribution is 1.81. The maximum absolute atomic E-state index is 4.96. The van der Waals surface area contributed by atoms with Crippen LogP contribution in [0.15, 0.2) is 4.99 Å². The van der Waals surface area contributed by atoms with Crippen LogP contribution in [0, 0.1) is 0 Å². The van der Waals surface area contributed by atoms with Gasteiger partial charge in [-0.2, -0.15) is 0 Å². The van der Waals surface area contributed by atoms with E-state index in [0.29, 0.717) is 0 Å². The van der Waals surface area contributed by atoms with Gasteiger partial charge in [0.15, 0.2) is 5.96 Å². The summed E-state index contributed by atoms with van der Waals surface area (Å²) in [5.74, 6) is 0.908. The lowest BCUT2D eigenvalue weighted by atomic mass is 10.4. The van der Waals surface area contributed by atoms with E-state index >= 15 is 0 Å². The molecule has 0 radical (unpaired) electrons. The van der Waals surface area contributed by atoms with Crippen molar-refractivity contribution in [3.05, 3.63) is 0 Å². The highest BCUT2D eigenvalue weighted by Gasteiger charge is 1.94. The number of rotatable bonds is 7. The van der Waals surface area contributed by atoms with Crippen LogP contribution < -0.4 is 10.6 Å². The first-order valence-corrected chi connectivity index (χ1v) is 5.36. The molecule has 0 aliphatic carbocycles. The van der Waals surface area contributed by atoms with Crippen molar-refractivity contribution in [3.8, 4) is 0 Å². The molecule has 5 heteroatoms. The summed E-state index contributed by atoms with van der Waals surface area (Å²) in [7, 11) is 1.72. The molecule has 0 saturated carbocycles. The molecule has 0 aromatic heterocycles. The van der Waals surface area contributed by atoms with Crippen LogP contribution in [0.2, 0.25) is 0 Å². The molecule has 4 nitrogen and oxygen atoms in total. The summed E-state index contributed by atoms with van der Waals surface area (Å²) in [6.45, 7) is 7.67. The fourth-order valence-corrected chi connectivity index (χ4v) is 0.989. The van der Waals surface area contributed by atoms with Gasteiger partial charge in [0.2, 0.25) is 0 Å². The summed E-state index contributed by atoms with van der Waals surface area (Å²) in [5.41, 5.74) is 0. The van der Waals surface area contributed by atoms with Crippen molar-refractivity contribution in [3.63, 3.8) is 0 Å². The fourth-order valence-electron chi connectivity index (χ4n) is 0.989. The SMILES string of the molecule is CCCN=C(NCC)NCCCOC.I. The first kappa shape index (κ1) is 17.4. The Kier molecular flexibility index (Phi) is 16.2. The number of nitrogens with zero attached hydrogens (tertiary/aromatic N) is 1. The zero-order valence-electron chi connectivity index (χ0n) is 10.0. The maximum atomic E-state index is 4.96. The van der Waals surface area contributed by atoms with Crippen molar-refractivity contribution in [1.29, 1.82) is 0 Å². The highest BCUT2D eigenvalue weighted by atomic mass is 127. The number of hydrogen-bond donors (Lipinski definition) is 2. The molecule has 0 aromatic rings. The fraction of sp³-hybridized carbons (Fsp3) is 0.900. The van der Waals surface area contributed by atoms with Crippen molar-refractivity contribution in [2.24, 2.45) is 4.99 Å². The molecule has 0 unspecified atom stereocenters. The van der Waals surface area contributed by atoms with Crippen molar-refractivity contribution in [2.75, 3.05) is 33.4 Å². The van der Waals surface area contributed by atoms with Gasteiger partial charge >= 0.3 is 0 Å². The standard InChI is InChI=1S/C10H23N3O.HI/c1-4-7-12-10(11-5-2)13-8-6-9-14-3;/h4-9H2,1-3H3,(H2,11,12,13);1H. The van der Waals surface area contributed by atoms with Crippen LogP contribution in [0.3, 0.4) is 0 Å². The van der Waals surface area contributed by atoms with Gasteiger partial charge in [-0.1, -0.05) is 6.92 Å². The Bertz CT molecular complexity index is 154. The van der Waals surface area contributed by atoms with Crippen LogP contribution in [-0.4, -0.2) is 39.3 Å². The van der Waals surface area contributed by atoms with E-state index in [0.717, 1.165) is 45.0 Å². The predicted molar refractivity (Wildman–Crippen MR) is 76.2 cm³/mol. The molecule has 0 atom stereocenters. The largest absolute Gasteiger partial charge is 0.385 e. The Hall–Kier alpha value is -0.0400. The zero-order valence-corrected chi connectivity index (χ0v) is 12.3. The lowest BCUT2D eigenvalue weighted by molar-refractivity contribution is 0.195. The third-order valence-electron chi connectivity index (χ3n) is 1.66. The van der Waals surface area contributed by atoms with Crippen LogP contribution >= 0.6 is 24.0 Å². The van der Waals surface area contributed by atoms with Gasteiger partial charge in [0.1, 0.15) is 0 Å². The average molecular weight is 329 g/mol. The number of aliphatic imine (C=N–C) groups is 1. The Labute approximate surface area is 110 Å². The van der Waals surface area contributed by atoms with Gasteiger partial charge < -0.3 is 15.4 Å². The molecule has 15 heavy (non-hydrogen) atoms. The third kappa shape index (κ3) is 11.9. The molecule has 0 aliphatic rings. The van der Waals surface area contributed by atoms with E-state index < -0.39 is 0 Å². The molecule has 0 aliphatic heterocycles. The van der Waals surface area contributed by atoms with Gasteiger partial charge in [-0.05, 0) is 19.8 Å². The normalized spacial score (nSPS) is 10.7. The van der Waals surface area contributed by atoms with Gasteiger partial charge in [0.05, 0.1) is 0 Å². The monoisotopic (exact) mass is 329 g/mol. The summed E-state index contributed by atoms with van der Waals surface area (Å²) in [4.78, 5) is 4.38. The Morgan fingerprint density at radius 2 is 2.00 bits per heavy atom. The first-order valence-electron chi connectivity index (χ1n) is 5.36. The molecule has 0 rings (SSSR count). The second-order valence-corrected chi connectivity index (χ2v) is 3.03. The van der Waals surface area contributed by atoms with E-state index in [1.54, 1.807) is 7.11 Å². The second-order valence-electron chi connectivity index (χ2n) is 3.03. The number of guanidine groups is 1. The molecule has 0 saturated heterocycles. The summed E-state index contributed by atoms with van der Waals surface area (Å²) in [6, 6.07) is 0. The molecule has 0 amide bonds. The van der Waals surface area contributed by atoms with E-state index in [9.17, 15) is 0 Å². The van der Waals surface area contributed by atoms with Crippen molar-refractivity contribution < 1.29 is 4.74 Å². The zero-order chi connectivity index (χ0) is 10.6. The third-order valence-corrected chi connectivity index (χ3v) is 1.66. The molecule has 0 heterocycles. The maximum Gasteiger partial charge on any atom is 0.191 e. The first-order chi connectivity index (χ1) is 6.85. The predicted octanol–water partition coefficient (Wildman–Crippen LogP) is 1.61. The van der Waals surface area contributed by atoms with E-state index in [1.807, 2.05) is 0 Å². The molecule has 0 aromatic carbocycles. The number of halogens is 1. The summed E-state index contributed by atoms with van der Waals surface area (Å²) < 4.78 is 4.96. The quantitative estimate of drug-likeness (QED) is 0.323. The summed E-state index contributed by atoms with van der Waals surface area (Å²) >= 11 is 0. The minimum Gasteiger partial charge on any atom is -0.385 e. The van der Waals surface area contributed by atoms with Gasteiger partial charge in [0, 0.05) is 33.4 Å². The Balaban J connectivity index is 0. The molecule has 92 valence electrons. The van der Waals surface area contributed by atoms with Crippen LogP contribution in [0.1, 0.15) is 26.7 Å². The van der Waals surface area contributed by atoms with Gasteiger partial charge in [-0.25, -0.2) is 0 Å². The Morgan fingerprint density at radius 1 is 1.27 bits per heavy atom. The average Bonchev–Trinajstić information content (AvgIpc) is 2.20. The topological polar surface area (TPSA) is 45.7 Å². The summed E-state index contributed by atoms with van der Waals surface area (Å²) in [6.07, 6.45) is 2.09. The number of ether oxygens (including phenoxy) is 1. The van der Waals surface area contributed by atoms with Crippen molar-refractivity contribution >= 4 is 29.9 Å². The molecular weight excluding hydrogens is 305 g/mol. The van der Waals surface area contributed by atoms with Crippen molar-refractivity contribution in [1.82, 2.24) is 10.6 Å². The number of hydrogen-bond acceptors (Lipinski definition) is 2. The molecule has 0 fully saturated rings. The van der Waals surface area contributed by atoms with Crippen molar-refractivity contribution in [2.45, 2.75) is 26.7 Å². The van der Waals surface area contributed by atoms with Crippen LogP contribution in [0.5, 0.6) is 0 Å². The number of nitrogens with one attached hydrogen (secondary N) is 2. The molecule has 2 N–H and O–H groups in total. The molecule has 0 bridgehead atoms. The molecular formula is C10H24IN3O. The van der Waals surface area contributed by atoms with Gasteiger partial charge in [-0.3, -0.25) is 4.99 Å². The van der Waals surface area contributed by atoms with E-state index in [1.165, 1.54) is 0 Å². The van der Waals surface area contributed by atoms with Gasteiger partial charge in [0.25, 0.3) is 0 Å². The smallest absolute Gasteiger partial charge is 0.191 e. The van der Waals surface area contributed by atoms with E-state index in [-0.39, 0.29) is 24.0 Å².